The molecule has 0 aliphatic heterocycles. The highest BCUT2D eigenvalue weighted by molar-refractivity contribution is 7.12. The Labute approximate surface area is 112 Å². The van der Waals surface area contributed by atoms with E-state index in [1.54, 1.807) is 11.3 Å². The molecule has 1 N–H and O–H groups in total. The Morgan fingerprint density at radius 1 is 1.28 bits per heavy atom. The zero-order valence-electron chi connectivity index (χ0n) is 11.1. The van der Waals surface area contributed by atoms with Crippen molar-refractivity contribution < 1.29 is 5.11 Å². The smallest absolute Gasteiger partial charge is 0.119 e. The minimum atomic E-state index is 0.0243. The Kier molecular flexibility index (Phi) is 4.15. The van der Waals surface area contributed by atoms with Gasteiger partial charge in [0.05, 0.1) is 12.3 Å². The van der Waals surface area contributed by atoms with Crippen LogP contribution < -0.4 is 0 Å². The normalized spacial score (nSPS) is 12.7. The molecular formula is C15H19NOS. The van der Waals surface area contributed by atoms with Gasteiger partial charge in [-0.2, -0.15) is 0 Å². The average molecular weight is 261 g/mol. The van der Waals surface area contributed by atoms with Crippen LogP contribution in [0.3, 0.4) is 0 Å². The lowest BCUT2D eigenvalue weighted by Gasteiger charge is -2.09. The van der Waals surface area contributed by atoms with Crippen LogP contribution in [0.15, 0.2) is 24.3 Å². The van der Waals surface area contributed by atoms with Crippen molar-refractivity contribution >= 4 is 11.3 Å². The summed E-state index contributed by atoms with van der Waals surface area (Å²) in [5.41, 5.74) is 3.51. The first-order valence-corrected chi connectivity index (χ1v) is 7.14. The summed E-state index contributed by atoms with van der Waals surface area (Å²) in [5, 5.41) is 9.90. The summed E-state index contributed by atoms with van der Waals surface area (Å²) in [4.78, 5) is 5.62. The molecule has 1 unspecified atom stereocenters. The fourth-order valence-electron chi connectivity index (χ4n) is 1.99. The quantitative estimate of drug-likeness (QED) is 0.898. The fraction of sp³-hybridized carbons (Fsp3) is 0.400. The van der Waals surface area contributed by atoms with Gasteiger partial charge in [-0.25, -0.2) is 4.98 Å². The second-order valence-electron chi connectivity index (χ2n) is 4.60. The molecule has 3 heteroatoms. The van der Waals surface area contributed by atoms with Crippen LogP contribution in [0.5, 0.6) is 0 Å². The number of thiazole rings is 1. The maximum atomic E-state index is 9.12. The maximum Gasteiger partial charge on any atom is 0.119 e. The van der Waals surface area contributed by atoms with Gasteiger partial charge in [0.15, 0.2) is 0 Å². The number of hydrogen-bond acceptors (Lipinski definition) is 3. The number of aromatic nitrogens is 1. The molecule has 1 atom stereocenters. The van der Waals surface area contributed by atoms with E-state index in [1.807, 2.05) is 0 Å². The number of rotatable bonds is 4. The van der Waals surface area contributed by atoms with Crippen molar-refractivity contribution in [2.75, 3.05) is 0 Å². The summed E-state index contributed by atoms with van der Waals surface area (Å²) in [6, 6.07) is 8.62. The lowest BCUT2D eigenvalue weighted by atomic mass is 9.97. The van der Waals surface area contributed by atoms with E-state index in [-0.39, 0.29) is 6.61 Å². The van der Waals surface area contributed by atoms with Gasteiger partial charge >= 0.3 is 0 Å². The molecule has 2 aromatic rings. The summed E-state index contributed by atoms with van der Waals surface area (Å²) in [6.45, 7) is 6.52. The molecule has 0 saturated carbocycles. The molecule has 0 aliphatic rings. The first-order chi connectivity index (χ1) is 8.65. The van der Waals surface area contributed by atoms with Crippen molar-refractivity contribution in [2.45, 2.75) is 39.7 Å². The number of aliphatic hydroxyl groups is 1. The minimum absolute atomic E-state index is 0.0243. The number of aryl methyl sites for hydroxylation is 1. The summed E-state index contributed by atoms with van der Waals surface area (Å²) in [5.74, 6) is 0.601. The number of benzene rings is 1. The highest BCUT2D eigenvalue weighted by Crippen LogP contribution is 2.29. The Morgan fingerprint density at radius 3 is 2.44 bits per heavy atom. The molecule has 18 heavy (non-hydrogen) atoms. The molecule has 0 amide bonds. The number of hydrogen-bond donors (Lipinski definition) is 1. The highest BCUT2D eigenvalue weighted by atomic mass is 32.1. The molecule has 0 fully saturated rings. The van der Waals surface area contributed by atoms with E-state index < -0.39 is 0 Å². The van der Waals surface area contributed by atoms with Gasteiger partial charge in [-0.15, -0.1) is 11.3 Å². The van der Waals surface area contributed by atoms with Crippen LogP contribution in [0, 0.1) is 6.92 Å². The van der Waals surface area contributed by atoms with Crippen molar-refractivity contribution in [3.05, 3.63) is 39.7 Å². The summed E-state index contributed by atoms with van der Waals surface area (Å²) < 4.78 is 0. The van der Waals surface area contributed by atoms with E-state index in [2.05, 4.69) is 50.0 Å². The molecule has 0 bridgehead atoms. The van der Waals surface area contributed by atoms with Crippen LogP contribution in [0.4, 0.5) is 0 Å². The molecule has 1 aromatic heterocycles. The van der Waals surface area contributed by atoms with Gasteiger partial charge in [-0.05, 0) is 24.8 Å². The van der Waals surface area contributed by atoms with Gasteiger partial charge < -0.3 is 5.11 Å². The van der Waals surface area contributed by atoms with Crippen LogP contribution in [0.25, 0.3) is 11.3 Å². The molecule has 0 spiro atoms. The van der Waals surface area contributed by atoms with Gasteiger partial charge in [-0.3, -0.25) is 0 Å². The molecule has 1 heterocycles. The van der Waals surface area contributed by atoms with Crippen molar-refractivity contribution in [3.63, 3.8) is 0 Å². The van der Waals surface area contributed by atoms with Crippen LogP contribution in [0.2, 0.25) is 0 Å². The first kappa shape index (κ1) is 13.2. The van der Waals surface area contributed by atoms with Gasteiger partial charge in [0.1, 0.15) is 5.01 Å². The molecule has 96 valence electrons. The van der Waals surface area contributed by atoms with Gasteiger partial charge in [-0.1, -0.05) is 38.1 Å². The summed E-state index contributed by atoms with van der Waals surface area (Å²) >= 11 is 1.56. The predicted molar refractivity (Wildman–Crippen MR) is 76.9 cm³/mol. The van der Waals surface area contributed by atoms with Crippen molar-refractivity contribution in [3.8, 4) is 11.3 Å². The third-order valence-corrected chi connectivity index (χ3v) is 4.30. The number of nitrogens with zero attached hydrogens (tertiary/aromatic N) is 1. The first-order valence-electron chi connectivity index (χ1n) is 6.33. The van der Waals surface area contributed by atoms with Crippen molar-refractivity contribution in [1.82, 2.24) is 4.98 Å². The Balaban J connectivity index is 2.31. The van der Waals surface area contributed by atoms with E-state index in [0.29, 0.717) is 5.92 Å². The topological polar surface area (TPSA) is 33.1 Å². The summed E-state index contributed by atoms with van der Waals surface area (Å²) in [6.07, 6.45) is 1.16. The summed E-state index contributed by atoms with van der Waals surface area (Å²) in [7, 11) is 0. The highest BCUT2D eigenvalue weighted by Gasteiger charge is 2.10. The van der Waals surface area contributed by atoms with Crippen LogP contribution in [-0.4, -0.2) is 10.1 Å². The molecule has 0 saturated heterocycles. The van der Waals surface area contributed by atoms with Gasteiger partial charge in [0.25, 0.3) is 0 Å². The molecule has 2 rings (SSSR count). The average Bonchev–Trinajstić information content (AvgIpc) is 2.79. The van der Waals surface area contributed by atoms with E-state index in [4.69, 9.17) is 5.11 Å². The standard InChI is InChI=1S/C15H19NOS/c1-4-10(2)12-5-7-13(8-6-12)15-11(3)18-14(9-17)16-15/h5-8,10,17H,4,9H2,1-3H3. The van der Waals surface area contributed by atoms with Gasteiger partial charge in [0.2, 0.25) is 0 Å². The lowest BCUT2D eigenvalue weighted by Crippen LogP contribution is -1.91. The van der Waals surface area contributed by atoms with Crippen molar-refractivity contribution in [1.29, 1.82) is 0 Å². The van der Waals surface area contributed by atoms with Gasteiger partial charge in [0, 0.05) is 10.4 Å². The van der Waals surface area contributed by atoms with E-state index >= 15 is 0 Å². The van der Waals surface area contributed by atoms with E-state index in [0.717, 1.165) is 27.6 Å². The van der Waals surface area contributed by atoms with Crippen LogP contribution in [0.1, 0.15) is 41.6 Å². The predicted octanol–water partition coefficient (Wildman–Crippen LogP) is 4.12. The van der Waals surface area contributed by atoms with Crippen molar-refractivity contribution in [2.24, 2.45) is 0 Å². The Hall–Kier alpha value is -1.19. The second kappa shape index (κ2) is 5.63. The molecule has 0 aliphatic carbocycles. The minimum Gasteiger partial charge on any atom is -0.389 e. The fourth-order valence-corrected chi connectivity index (χ4v) is 2.81. The third-order valence-electron chi connectivity index (χ3n) is 3.34. The monoisotopic (exact) mass is 261 g/mol. The SMILES string of the molecule is CCC(C)c1ccc(-c2nc(CO)sc2C)cc1. The Morgan fingerprint density at radius 2 is 1.94 bits per heavy atom. The van der Waals surface area contributed by atoms with E-state index in [9.17, 15) is 0 Å². The van der Waals surface area contributed by atoms with E-state index in [1.165, 1.54) is 5.56 Å². The molecule has 1 aromatic carbocycles. The number of aliphatic hydroxyl groups excluding tert-OH is 1. The zero-order valence-corrected chi connectivity index (χ0v) is 11.9. The Bertz CT molecular complexity index is 516. The molecular weight excluding hydrogens is 242 g/mol. The largest absolute Gasteiger partial charge is 0.389 e. The maximum absolute atomic E-state index is 9.12. The lowest BCUT2D eigenvalue weighted by molar-refractivity contribution is 0.281. The second-order valence-corrected chi connectivity index (χ2v) is 5.89. The molecule has 2 nitrogen and oxygen atoms in total. The third kappa shape index (κ3) is 2.62. The van der Waals surface area contributed by atoms with Crippen LogP contribution >= 0.6 is 11.3 Å². The zero-order chi connectivity index (χ0) is 13.1. The van der Waals surface area contributed by atoms with Crippen LogP contribution in [-0.2, 0) is 6.61 Å². The molecule has 0 radical (unpaired) electrons.